The zero-order valence-corrected chi connectivity index (χ0v) is 6.75. The van der Waals surface area contributed by atoms with E-state index in [2.05, 4.69) is 0 Å². The molecule has 1 rings (SSSR count). The first-order valence-corrected chi connectivity index (χ1v) is 3.58. The Morgan fingerprint density at radius 2 is 2.45 bits per heavy atom. The van der Waals surface area contributed by atoms with Gasteiger partial charge in [0.05, 0.1) is 13.2 Å². The number of hydrogen-bond donors (Lipinski definition) is 0. The molecule has 4 nitrogen and oxygen atoms in total. The molecule has 1 heterocycles. The number of rotatable bonds is 2. The molecule has 0 bridgehead atoms. The number of esters is 1. The van der Waals surface area contributed by atoms with Crippen LogP contribution >= 0.6 is 0 Å². The van der Waals surface area contributed by atoms with Gasteiger partial charge in [-0.3, -0.25) is 0 Å². The maximum absolute atomic E-state index is 11.1. The van der Waals surface area contributed by atoms with Crippen molar-refractivity contribution in [2.24, 2.45) is 0 Å². The first-order valence-electron chi connectivity index (χ1n) is 3.58. The Balaban J connectivity index is 2.49. The molecule has 11 heavy (non-hydrogen) atoms. The largest absolute Gasteiger partial charge is 0.464 e. The SMILES string of the molecule is CCOC(=O)C1(C)COCO1. The van der Waals surface area contributed by atoms with Gasteiger partial charge in [0.15, 0.2) is 5.60 Å². The van der Waals surface area contributed by atoms with E-state index >= 15 is 0 Å². The normalized spacial score (nSPS) is 30.4. The smallest absolute Gasteiger partial charge is 0.340 e. The number of carbonyl (C=O) groups excluding carboxylic acids is 1. The van der Waals surface area contributed by atoms with E-state index in [1.54, 1.807) is 13.8 Å². The third-order valence-electron chi connectivity index (χ3n) is 1.55. The lowest BCUT2D eigenvalue weighted by Crippen LogP contribution is -2.39. The van der Waals surface area contributed by atoms with E-state index in [0.29, 0.717) is 6.61 Å². The maximum Gasteiger partial charge on any atom is 0.340 e. The molecule has 0 aromatic carbocycles. The fourth-order valence-corrected chi connectivity index (χ4v) is 0.851. The van der Waals surface area contributed by atoms with Crippen molar-refractivity contribution >= 4 is 5.97 Å². The highest BCUT2D eigenvalue weighted by Gasteiger charge is 2.40. The van der Waals surface area contributed by atoms with Crippen molar-refractivity contribution in [3.63, 3.8) is 0 Å². The van der Waals surface area contributed by atoms with Crippen molar-refractivity contribution in [1.82, 2.24) is 0 Å². The topological polar surface area (TPSA) is 44.8 Å². The number of carbonyl (C=O) groups is 1. The van der Waals surface area contributed by atoms with Crippen molar-refractivity contribution in [3.8, 4) is 0 Å². The summed E-state index contributed by atoms with van der Waals surface area (Å²) in [5.41, 5.74) is -0.879. The van der Waals surface area contributed by atoms with Crippen molar-refractivity contribution in [1.29, 1.82) is 0 Å². The zero-order chi connectivity index (χ0) is 8.32. The van der Waals surface area contributed by atoms with Gasteiger partial charge >= 0.3 is 5.97 Å². The maximum atomic E-state index is 11.1. The van der Waals surface area contributed by atoms with Gasteiger partial charge in [-0.25, -0.2) is 4.79 Å². The third kappa shape index (κ3) is 1.70. The summed E-state index contributed by atoms with van der Waals surface area (Å²) in [6, 6.07) is 0. The van der Waals surface area contributed by atoms with Gasteiger partial charge in [0.2, 0.25) is 0 Å². The van der Waals surface area contributed by atoms with Crippen LogP contribution in [-0.2, 0) is 19.0 Å². The van der Waals surface area contributed by atoms with Gasteiger partial charge in [0, 0.05) is 0 Å². The summed E-state index contributed by atoms with van der Waals surface area (Å²) in [7, 11) is 0. The van der Waals surface area contributed by atoms with Crippen LogP contribution < -0.4 is 0 Å². The fourth-order valence-electron chi connectivity index (χ4n) is 0.851. The molecule has 1 fully saturated rings. The molecule has 0 radical (unpaired) electrons. The van der Waals surface area contributed by atoms with Gasteiger partial charge in [0.1, 0.15) is 6.79 Å². The van der Waals surface area contributed by atoms with Crippen molar-refractivity contribution in [2.45, 2.75) is 19.4 Å². The highest BCUT2D eigenvalue weighted by molar-refractivity contribution is 5.79. The molecule has 0 amide bonds. The molecule has 1 atom stereocenters. The van der Waals surface area contributed by atoms with Crippen molar-refractivity contribution in [3.05, 3.63) is 0 Å². The van der Waals surface area contributed by atoms with E-state index in [9.17, 15) is 4.79 Å². The second-order valence-electron chi connectivity index (χ2n) is 2.56. The van der Waals surface area contributed by atoms with Crippen LogP contribution in [0.25, 0.3) is 0 Å². The second kappa shape index (κ2) is 3.19. The van der Waals surface area contributed by atoms with Gasteiger partial charge in [-0.1, -0.05) is 0 Å². The lowest BCUT2D eigenvalue weighted by Gasteiger charge is -2.17. The minimum absolute atomic E-state index is 0.176. The van der Waals surface area contributed by atoms with Gasteiger partial charge in [-0.2, -0.15) is 0 Å². The average molecular weight is 160 g/mol. The van der Waals surface area contributed by atoms with Crippen molar-refractivity contribution < 1.29 is 19.0 Å². The van der Waals surface area contributed by atoms with Gasteiger partial charge in [0.25, 0.3) is 0 Å². The predicted octanol–water partition coefficient (Wildman–Crippen LogP) is 0.312. The van der Waals surface area contributed by atoms with Crippen LogP contribution in [0.4, 0.5) is 0 Å². The molecular formula is C7H12O4. The summed E-state index contributed by atoms with van der Waals surface area (Å²) in [5, 5.41) is 0. The van der Waals surface area contributed by atoms with E-state index in [1.807, 2.05) is 0 Å². The standard InChI is InChI=1S/C7H12O4/c1-3-10-6(8)7(2)4-9-5-11-7/h3-5H2,1-2H3. The lowest BCUT2D eigenvalue weighted by molar-refractivity contribution is -0.163. The summed E-state index contributed by atoms with van der Waals surface area (Å²) in [4.78, 5) is 11.1. The molecule has 0 N–H and O–H groups in total. The fraction of sp³-hybridized carbons (Fsp3) is 0.857. The zero-order valence-electron chi connectivity index (χ0n) is 6.75. The molecule has 1 unspecified atom stereocenters. The Bertz CT molecular complexity index is 149. The first kappa shape index (κ1) is 8.49. The summed E-state index contributed by atoms with van der Waals surface area (Å²) in [5.74, 6) is -0.350. The average Bonchev–Trinajstić information content (AvgIpc) is 2.38. The Labute approximate surface area is 65.4 Å². The molecular weight excluding hydrogens is 148 g/mol. The molecule has 0 aromatic heterocycles. The van der Waals surface area contributed by atoms with E-state index in [-0.39, 0.29) is 19.4 Å². The molecule has 1 aliphatic rings. The second-order valence-corrected chi connectivity index (χ2v) is 2.56. The first-order chi connectivity index (χ1) is 5.19. The molecule has 1 saturated heterocycles. The molecule has 64 valence electrons. The van der Waals surface area contributed by atoms with Crippen LogP contribution in [-0.4, -0.2) is 31.6 Å². The Morgan fingerprint density at radius 1 is 1.73 bits per heavy atom. The number of hydrogen-bond acceptors (Lipinski definition) is 4. The minimum Gasteiger partial charge on any atom is -0.464 e. The predicted molar refractivity (Wildman–Crippen MR) is 36.9 cm³/mol. The van der Waals surface area contributed by atoms with Gasteiger partial charge in [-0.05, 0) is 13.8 Å². The number of ether oxygens (including phenoxy) is 3. The third-order valence-corrected chi connectivity index (χ3v) is 1.55. The summed E-state index contributed by atoms with van der Waals surface area (Å²) in [6.07, 6.45) is 0. The molecule has 0 aliphatic carbocycles. The molecule has 0 aromatic rings. The van der Waals surface area contributed by atoms with Crippen LogP contribution in [0.15, 0.2) is 0 Å². The Hall–Kier alpha value is -0.610. The van der Waals surface area contributed by atoms with E-state index in [0.717, 1.165) is 0 Å². The van der Waals surface area contributed by atoms with Crippen LogP contribution in [0, 0.1) is 0 Å². The minimum atomic E-state index is -0.879. The van der Waals surface area contributed by atoms with Crippen LogP contribution in [0.1, 0.15) is 13.8 Å². The van der Waals surface area contributed by atoms with E-state index in [4.69, 9.17) is 14.2 Å². The molecule has 4 heteroatoms. The highest BCUT2D eigenvalue weighted by Crippen LogP contribution is 2.18. The lowest BCUT2D eigenvalue weighted by atomic mass is 10.1. The van der Waals surface area contributed by atoms with Crippen LogP contribution in [0.3, 0.4) is 0 Å². The van der Waals surface area contributed by atoms with Gasteiger partial charge < -0.3 is 14.2 Å². The summed E-state index contributed by atoms with van der Waals surface area (Å²) in [6.45, 7) is 4.26. The summed E-state index contributed by atoms with van der Waals surface area (Å²) < 4.78 is 14.7. The molecule has 0 saturated carbocycles. The van der Waals surface area contributed by atoms with Crippen molar-refractivity contribution in [2.75, 3.05) is 20.0 Å². The molecule has 1 aliphatic heterocycles. The molecule has 0 spiro atoms. The Kier molecular flexibility index (Phi) is 2.46. The van der Waals surface area contributed by atoms with Crippen LogP contribution in [0.2, 0.25) is 0 Å². The summed E-state index contributed by atoms with van der Waals surface area (Å²) >= 11 is 0. The van der Waals surface area contributed by atoms with Gasteiger partial charge in [-0.15, -0.1) is 0 Å². The van der Waals surface area contributed by atoms with E-state index in [1.165, 1.54) is 0 Å². The quantitative estimate of drug-likeness (QED) is 0.545. The Morgan fingerprint density at radius 3 is 2.91 bits per heavy atom. The van der Waals surface area contributed by atoms with Crippen LogP contribution in [0.5, 0.6) is 0 Å². The monoisotopic (exact) mass is 160 g/mol. The van der Waals surface area contributed by atoms with E-state index < -0.39 is 5.60 Å². The highest BCUT2D eigenvalue weighted by atomic mass is 16.7.